The van der Waals surface area contributed by atoms with Crippen molar-refractivity contribution in [3.63, 3.8) is 0 Å². The fourth-order valence-corrected chi connectivity index (χ4v) is 3.16. The second-order valence-electron chi connectivity index (χ2n) is 4.23. The average molecular weight is 281 g/mol. The molecule has 19 heavy (non-hydrogen) atoms. The molecule has 0 aliphatic rings. The van der Waals surface area contributed by atoms with E-state index in [1.165, 1.54) is 10.4 Å². The number of aliphatic hydroxyl groups is 1. The van der Waals surface area contributed by atoms with E-state index >= 15 is 0 Å². The Hall–Kier alpha value is -1.35. The van der Waals surface area contributed by atoms with Crippen LogP contribution >= 0.6 is 0 Å². The number of rotatable bonds is 4. The minimum absolute atomic E-state index is 0.0798. The first-order valence-electron chi connectivity index (χ1n) is 6.12. The molecule has 1 aromatic carbocycles. The van der Waals surface area contributed by atoms with Crippen LogP contribution in [-0.2, 0) is 10.0 Å². The molecule has 1 unspecified atom stereocenters. The maximum atomic E-state index is 12.5. The number of nitrogens with zero attached hydrogens (tertiary/aromatic N) is 1. The van der Waals surface area contributed by atoms with Gasteiger partial charge in [-0.1, -0.05) is 30.9 Å². The summed E-state index contributed by atoms with van der Waals surface area (Å²) in [4.78, 5) is 0.179. The van der Waals surface area contributed by atoms with Crippen molar-refractivity contribution in [1.82, 2.24) is 4.31 Å². The van der Waals surface area contributed by atoms with Gasteiger partial charge in [-0.3, -0.25) is 0 Å². The summed E-state index contributed by atoms with van der Waals surface area (Å²) in [6.45, 7) is 3.50. The van der Waals surface area contributed by atoms with E-state index in [1.54, 1.807) is 25.2 Å². The van der Waals surface area contributed by atoms with Gasteiger partial charge in [0.1, 0.15) is 6.61 Å². The van der Waals surface area contributed by atoms with Crippen molar-refractivity contribution in [2.75, 3.05) is 13.7 Å². The van der Waals surface area contributed by atoms with Gasteiger partial charge in [0.25, 0.3) is 0 Å². The summed E-state index contributed by atoms with van der Waals surface area (Å²) in [7, 11) is -1.99. The maximum absolute atomic E-state index is 12.5. The Kier molecular flexibility index (Phi) is 5.55. The van der Waals surface area contributed by atoms with E-state index in [9.17, 15) is 8.42 Å². The molecular weight excluding hydrogens is 262 g/mol. The van der Waals surface area contributed by atoms with Crippen LogP contribution in [0.25, 0.3) is 0 Å². The minimum atomic E-state index is -3.56. The molecule has 5 heteroatoms. The highest BCUT2D eigenvalue weighted by Crippen LogP contribution is 2.21. The van der Waals surface area contributed by atoms with Crippen LogP contribution in [0.5, 0.6) is 0 Å². The number of hydrogen-bond donors (Lipinski definition) is 1. The lowest BCUT2D eigenvalue weighted by molar-refractivity contribution is 0.350. The van der Waals surface area contributed by atoms with Crippen LogP contribution in [-0.4, -0.2) is 37.5 Å². The molecule has 0 heterocycles. The Bertz CT molecular complexity index is 584. The van der Waals surface area contributed by atoms with E-state index in [1.807, 2.05) is 13.8 Å². The van der Waals surface area contributed by atoms with Gasteiger partial charge in [-0.05, 0) is 25.5 Å². The van der Waals surface area contributed by atoms with Gasteiger partial charge in [-0.2, -0.15) is 4.31 Å². The molecule has 0 spiro atoms. The fourth-order valence-electron chi connectivity index (χ4n) is 1.58. The van der Waals surface area contributed by atoms with Gasteiger partial charge in [-0.15, -0.1) is 0 Å². The number of sulfonamides is 1. The highest BCUT2D eigenvalue weighted by Gasteiger charge is 2.26. The predicted molar refractivity (Wildman–Crippen MR) is 75.1 cm³/mol. The third-order valence-corrected chi connectivity index (χ3v) is 5.09. The Morgan fingerprint density at radius 3 is 2.58 bits per heavy atom. The third-order valence-electron chi connectivity index (χ3n) is 3.06. The molecule has 0 saturated carbocycles. The second kappa shape index (κ2) is 6.71. The maximum Gasteiger partial charge on any atom is 0.244 e. The topological polar surface area (TPSA) is 57.6 Å². The van der Waals surface area contributed by atoms with Crippen LogP contribution in [0.2, 0.25) is 0 Å². The number of hydrogen-bond acceptors (Lipinski definition) is 3. The van der Waals surface area contributed by atoms with Crippen LogP contribution in [0.4, 0.5) is 0 Å². The molecule has 0 fully saturated rings. The minimum Gasteiger partial charge on any atom is -0.384 e. The Morgan fingerprint density at radius 2 is 2.00 bits per heavy atom. The quantitative estimate of drug-likeness (QED) is 0.850. The van der Waals surface area contributed by atoms with Crippen LogP contribution in [0, 0.1) is 11.8 Å². The van der Waals surface area contributed by atoms with E-state index in [0.29, 0.717) is 5.56 Å². The molecule has 1 rings (SSSR count). The van der Waals surface area contributed by atoms with Crippen LogP contribution < -0.4 is 0 Å². The highest BCUT2D eigenvalue weighted by atomic mass is 32.2. The van der Waals surface area contributed by atoms with Gasteiger partial charge >= 0.3 is 0 Å². The molecule has 0 aromatic heterocycles. The summed E-state index contributed by atoms with van der Waals surface area (Å²) < 4.78 is 26.4. The monoisotopic (exact) mass is 281 g/mol. The zero-order valence-electron chi connectivity index (χ0n) is 11.4. The number of benzene rings is 1. The third kappa shape index (κ3) is 3.57. The molecule has 104 valence electrons. The lowest BCUT2D eigenvalue weighted by atomic mass is 10.2. The van der Waals surface area contributed by atoms with Gasteiger partial charge in [-0.25, -0.2) is 8.42 Å². The summed E-state index contributed by atoms with van der Waals surface area (Å²) in [6.07, 6.45) is 0.736. The highest BCUT2D eigenvalue weighted by molar-refractivity contribution is 7.89. The largest absolute Gasteiger partial charge is 0.384 e. The number of aliphatic hydroxyl groups excluding tert-OH is 1. The molecule has 0 aliphatic heterocycles. The van der Waals surface area contributed by atoms with Crippen molar-refractivity contribution in [2.45, 2.75) is 31.2 Å². The summed E-state index contributed by atoms with van der Waals surface area (Å²) in [5.41, 5.74) is 0.409. The van der Waals surface area contributed by atoms with E-state index in [4.69, 9.17) is 5.11 Å². The Balaban J connectivity index is 3.29. The van der Waals surface area contributed by atoms with Crippen LogP contribution in [0.3, 0.4) is 0 Å². The first kappa shape index (κ1) is 15.7. The van der Waals surface area contributed by atoms with Crippen molar-refractivity contribution >= 4 is 10.0 Å². The molecular formula is C14H19NO3S. The molecule has 0 aliphatic carbocycles. The molecule has 0 radical (unpaired) electrons. The Morgan fingerprint density at radius 1 is 1.37 bits per heavy atom. The molecule has 0 amide bonds. The van der Waals surface area contributed by atoms with Gasteiger partial charge in [0.15, 0.2) is 0 Å². The van der Waals surface area contributed by atoms with E-state index in [0.717, 1.165) is 6.42 Å². The van der Waals surface area contributed by atoms with Crippen molar-refractivity contribution in [3.05, 3.63) is 29.8 Å². The van der Waals surface area contributed by atoms with Gasteiger partial charge in [0.2, 0.25) is 10.0 Å². The zero-order valence-corrected chi connectivity index (χ0v) is 12.2. The van der Waals surface area contributed by atoms with E-state index in [2.05, 4.69) is 11.8 Å². The SMILES string of the molecule is CCC(C)N(C)S(=O)(=O)c1ccccc1C#CCO. The molecule has 1 atom stereocenters. The summed E-state index contributed by atoms with van der Waals surface area (Å²) in [6, 6.07) is 6.49. The normalized spacial score (nSPS) is 12.9. The predicted octanol–water partition coefficient (Wildman–Crippen LogP) is 1.45. The van der Waals surface area contributed by atoms with Crippen molar-refractivity contribution in [3.8, 4) is 11.8 Å². The summed E-state index contributed by atoms with van der Waals surface area (Å²) in [5, 5.41) is 8.72. The van der Waals surface area contributed by atoms with Gasteiger partial charge in [0.05, 0.1) is 4.90 Å². The molecule has 4 nitrogen and oxygen atoms in total. The summed E-state index contributed by atoms with van der Waals surface area (Å²) >= 11 is 0. The van der Waals surface area contributed by atoms with Crippen molar-refractivity contribution in [1.29, 1.82) is 0 Å². The molecule has 1 aromatic rings. The standard InChI is InChI=1S/C14H19NO3S/c1-4-12(2)15(3)19(17,18)14-10-6-5-8-13(14)9-7-11-16/h5-6,8,10,12,16H,4,11H2,1-3H3. The van der Waals surface area contributed by atoms with E-state index < -0.39 is 10.0 Å². The van der Waals surface area contributed by atoms with Crippen LogP contribution in [0.1, 0.15) is 25.8 Å². The lowest BCUT2D eigenvalue weighted by Crippen LogP contribution is -2.35. The first-order chi connectivity index (χ1) is 8.95. The second-order valence-corrected chi connectivity index (χ2v) is 6.20. The lowest BCUT2D eigenvalue weighted by Gasteiger charge is -2.23. The van der Waals surface area contributed by atoms with Crippen molar-refractivity contribution in [2.24, 2.45) is 0 Å². The van der Waals surface area contributed by atoms with E-state index in [-0.39, 0.29) is 17.5 Å². The molecule has 0 bridgehead atoms. The Labute approximate surface area is 115 Å². The smallest absolute Gasteiger partial charge is 0.244 e. The van der Waals surface area contributed by atoms with Crippen molar-refractivity contribution < 1.29 is 13.5 Å². The zero-order chi connectivity index (χ0) is 14.5. The first-order valence-corrected chi connectivity index (χ1v) is 7.56. The molecule has 0 saturated heterocycles. The molecule has 1 N–H and O–H groups in total. The fraction of sp³-hybridized carbons (Fsp3) is 0.429. The van der Waals surface area contributed by atoms with Gasteiger partial charge < -0.3 is 5.11 Å². The van der Waals surface area contributed by atoms with Crippen LogP contribution in [0.15, 0.2) is 29.2 Å². The average Bonchev–Trinajstić information content (AvgIpc) is 2.43. The summed E-state index contributed by atoms with van der Waals surface area (Å²) in [5.74, 6) is 5.16. The van der Waals surface area contributed by atoms with Gasteiger partial charge in [0, 0.05) is 18.7 Å².